The van der Waals surface area contributed by atoms with Crippen molar-refractivity contribution in [2.75, 3.05) is 37.6 Å². The number of nitrogens with one attached hydrogen (secondary N) is 2. The standard InChI is InChI=1S/C31H35F3N6O2/c1-22(41)35-14-18-40(30-27-9-13-36-29(27)37-21-38-30)25-7-4-5-23(19-25)20-42-26-11-16-39(17-12-26)15-10-24-6-2-3-8-28(24)31(32,33)34/h2-9,13,19,21,26H,10-12,14-18,20H2,1H3,(H,35,41)(H,36,37,38). The van der Waals surface area contributed by atoms with E-state index < -0.39 is 11.7 Å². The van der Waals surface area contributed by atoms with Crippen LogP contribution in [0.3, 0.4) is 0 Å². The van der Waals surface area contributed by atoms with Crippen LogP contribution in [0.2, 0.25) is 0 Å². The Hall–Kier alpha value is -3.96. The van der Waals surface area contributed by atoms with Gasteiger partial charge in [-0.1, -0.05) is 30.3 Å². The number of carbonyl (C=O) groups is 1. The SMILES string of the molecule is CC(=O)NCCN(c1cccc(COC2CCN(CCc3ccccc3C(F)(F)F)CC2)c1)c1ncnc2[nH]ccc12. The number of piperidine rings is 1. The molecule has 4 aromatic rings. The number of ether oxygens (including phenoxy) is 1. The summed E-state index contributed by atoms with van der Waals surface area (Å²) in [6.07, 6.45) is 1.13. The average Bonchev–Trinajstić information content (AvgIpc) is 3.47. The minimum Gasteiger partial charge on any atom is -0.373 e. The summed E-state index contributed by atoms with van der Waals surface area (Å²) < 4.78 is 46.2. The molecule has 0 spiro atoms. The number of rotatable bonds is 11. The van der Waals surface area contributed by atoms with E-state index in [0.29, 0.717) is 38.2 Å². The van der Waals surface area contributed by atoms with E-state index in [1.807, 2.05) is 30.5 Å². The van der Waals surface area contributed by atoms with E-state index in [9.17, 15) is 18.0 Å². The molecule has 42 heavy (non-hydrogen) atoms. The summed E-state index contributed by atoms with van der Waals surface area (Å²) in [7, 11) is 0. The Kier molecular flexibility index (Phi) is 9.38. The number of aromatic nitrogens is 3. The van der Waals surface area contributed by atoms with Gasteiger partial charge in [0.05, 0.1) is 23.7 Å². The van der Waals surface area contributed by atoms with Crippen LogP contribution in [-0.4, -0.2) is 64.6 Å². The van der Waals surface area contributed by atoms with Crippen LogP contribution in [0.25, 0.3) is 11.0 Å². The number of H-pyrrole nitrogens is 1. The number of benzene rings is 2. The second-order valence-electron chi connectivity index (χ2n) is 10.5. The second-order valence-corrected chi connectivity index (χ2v) is 10.5. The third-order valence-electron chi connectivity index (χ3n) is 7.56. The summed E-state index contributed by atoms with van der Waals surface area (Å²) in [6, 6.07) is 15.8. The Morgan fingerprint density at radius 2 is 1.93 bits per heavy atom. The maximum Gasteiger partial charge on any atom is 0.416 e. The Morgan fingerprint density at radius 1 is 1.12 bits per heavy atom. The molecule has 0 saturated carbocycles. The van der Waals surface area contributed by atoms with Crippen molar-refractivity contribution < 1.29 is 22.7 Å². The number of hydrogen-bond donors (Lipinski definition) is 2. The van der Waals surface area contributed by atoms with Gasteiger partial charge in [0.15, 0.2) is 0 Å². The highest BCUT2D eigenvalue weighted by Crippen LogP contribution is 2.32. The third-order valence-corrected chi connectivity index (χ3v) is 7.56. The van der Waals surface area contributed by atoms with E-state index in [2.05, 4.69) is 36.1 Å². The molecule has 8 nitrogen and oxygen atoms in total. The summed E-state index contributed by atoms with van der Waals surface area (Å²) in [5.74, 6) is 0.652. The highest BCUT2D eigenvalue weighted by molar-refractivity contribution is 5.89. The van der Waals surface area contributed by atoms with Gasteiger partial charge in [-0.2, -0.15) is 13.2 Å². The molecule has 1 saturated heterocycles. The van der Waals surface area contributed by atoms with Gasteiger partial charge in [-0.3, -0.25) is 4.79 Å². The number of hydrogen-bond acceptors (Lipinski definition) is 6. The van der Waals surface area contributed by atoms with Crippen molar-refractivity contribution in [3.05, 3.63) is 83.8 Å². The number of alkyl halides is 3. The monoisotopic (exact) mass is 580 g/mol. The maximum atomic E-state index is 13.3. The molecule has 1 amide bonds. The Balaban J connectivity index is 1.17. The number of anilines is 2. The number of fused-ring (bicyclic) bond motifs is 1. The van der Waals surface area contributed by atoms with Gasteiger partial charge in [0.1, 0.15) is 17.8 Å². The van der Waals surface area contributed by atoms with Crippen molar-refractivity contribution in [1.82, 2.24) is 25.2 Å². The molecule has 1 aliphatic rings. The van der Waals surface area contributed by atoms with Gasteiger partial charge in [0.25, 0.3) is 0 Å². The van der Waals surface area contributed by atoms with E-state index in [1.54, 1.807) is 12.1 Å². The molecule has 0 bridgehead atoms. The molecule has 0 unspecified atom stereocenters. The molecular weight excluding hydrogens is 545 g/mol. The lowest BCUT2D eigenvalue weighted by Gasteiger charge is -2.32. The van der Waals surface area contributed by atoms with Crippen LogP contribution in [0, 0.1) is 0 Å². The summed E-state index contributed by atoms with van der Waals surface area (Å²) in [6.45, 7) is 5.08. The van der Waals surface area contributed by atoms with E-state index >= 15 is 0 Å². The third kappa shape index (κ3) is 7.46. The molecule has 2 aromatic heterocycles. The van der Waals surface area contributed by atoms with E-state index in [4.69, 9.17) is 4.74 Å². The quantitative estimate of drug-likeness (QED) is 0.245. The van der Waals surface area contributed by atoms with Gasteiger partial charge in [-0.25, -0.2) is 9.97 Å². The average molecular weight is 581 g/mol. The number of halogens is 3. The number of aromatic amines is 1. The molecule has 1 fully saturated rings. The normalized spacial score (nSPS) is 14.8. The van der Waals surface area contributed by atoms with Crippen LogP contribution in [0.5, 0.6) is 0 Å². The van der Waals surface area contributed by atoms with Crippen molar-refractivity contribution >= 4 is 28.4 Å². The second kappa shape index (κ2) is 13.3. The topological polar surface area (TPSA) is 86.4 Å². The van der Waals surface area contributed by atoms with Gasteiger partial charge in [0.2, 0.25) is 5.91 Å². The zero-order chi connectivity index (χ0) is 29.5. The maximum absolute atomic E-state index is 13.3. The van der Waals surface area contributed by atoms with Crippen LogP contribution in [-0.2, 0) is 28.7 Å². The molecule has 11 heteroatoms. The van der Waals surface area contributed by atoms with Gasteiger partial charge in [0, 0.05) is 51.5 Å². The molecule has 2 N–H and O–H groups in total. The van der Waals surface area contributed by atoms with E-state index in [0.717, 1.165) is 60.1 Å². The fraction of sp³-hybridized carbons (Fsp3) is 0.387. The molecule has 5 rings (SSSR count). The summed E-state index contributed by atoms with van der Waals surface area (Å²) in [5, 5.41) is 3.75. The van der Waals surface area contributed by atoms with E-state index in [-0.39, 0.29) is 12.0 Å². The Labute approximate surface area is 242 Å². The molecule has 0 atom stereocenters. The summed E-state index contributed by atoms with van der Waals surface area (Å²) in [5.41, 5.74) is 2.48. The van der Waals surface area contributed by atoms with E-state index in [1.165, 1.54) is 19.3 Å². The number of carbonyl (C=O) groups excluding carboxylic acids is 1. The molecule has 2 aromatic carbocycles. The predicted molar refractivity (Wildman–Crippen MR) is 155 cm³/mol. The highest BCUT2D eigenvalue weighted by atomic mass is 19.4. The van der Waals surface area contributed by atoms with Gasteiger partial charge < -0.3 is 24.8 Å². The van der Waals surface area contributed by atoms with Crippen molar-refractivity contribution in [1.29, 1.82) is 0 Å². The van der Waals surface area contributed by atoms with Gasteiger partial charge in [-0.15, -0.1) is 0 Å². The fourth-order valence-electron chi connectivity index (χ4n) is 5.40. The molecule has 222 valence electrons. The lowest BCUT2D eigenvalue weighted by atomic mass is 10.0. The van der Waals surface area contributed by atoms with Crippen molar-refractivity contribution in [2.24, 2.45) is 0 Å². The number of likely N-dealkylation sites (tertiary alicyclic amines) is 1. The lowest BCUT2D eigenvalue weighted by molar-refractivity contribution is -0.138. The minimum absolute atomic E-state index is 0.0876. The van der Waals surface area contributed by atoms with Crippen LogP contribution in [0.1, 0.15) is 36.5 Å². The first-order valence-corrected chi connectivity index (χ1v) is 14.2. The zero-order valence-electron chi connectivity index (χ0n) is 23.5. The summed E-state index contributed by atoms with van der Waals surface area (Å²) >= 11 is 0. The first-order chi connectivity index (χ1) is 20.3. The number of amides is 1. The Bertz CT molecular complexity index is 1480. The largest absolute Gasteiger partial charge is 0.416 e. The Morgan fingerprint density at radius 3 is 2.71 bits per heavy atom. The highest BCUT2D eigenvalue weighted by Gasteiger charge is 2.33. The van der Waals surface area contributed by atoms with Crippen LogP contribution in [0.15, 0.2) is 67.1 Å². The molecule has 3 heterocycles. The van der Waals surface area contributed by atoms with Crippen molar-refractivity contribution in [2.45, 2.75) is 45.1 Å². The molecular formula is C31H35F3N6O2. The smallest absolute Gasteiger partial charge is 0.373 e. The first kappa shape index (κ1) is 29.5. The van der Waals surface area contributed by atoms with Crippen molar-refractivity contribution in [3.8, 4) is 0 Å². The predicted octanol–water partition coefficient (Wildman–Crippen LogP) is 5.47. The van der Waals surface area contributed by atoms with Gasteiger partial charge >= 0.3 is 6.18 Å². The first-order valence-electron chi connectivity index (χ1n) is 14.2. The molecule has 0 radical (unpaired) electrons. The minimum atomic E-state index is -4.33. The van der Waals surface area contributed by atoms with Gasteiger partial charge in [-0.05, 0) is 54.7 Å². The number of nitrogens with zero attached hydrogens (tertiary/aromatic N) is 4. The fourth-order valence-corrected chi connectivity index (χ4v) is 5.40. The van der Waals surface area contributed by atoms with Crippen LogP contribution < -0.4 is 10.2 Å². The van der Waals surface area contributed by atoms with Crippen molar-refractivity contribution in [3.63, 3.8) is 0 Å². The summed E-state index contributed by atoms with van der Waals surface area (Å²) in [4.78, 5) is 27.8. The lowest BCUT2D eigenvalue weighted by Crippen LogP contribution is -2.38. The van der Waals surface area contributed by atoms with Crippen LogP contribution in [0.4, 0.5) is 24.7 Å². The molecule has 1 aliphatic heterocycles. The molecule has 0 aliphatic carbocycles. The van der Waals surface area contributed by atoms with Crippen LogP contribution >= 0.6 is 0 Å². The zero-order valence-corrected chi connectivity index (χ0v) is 23.5.